The van der Waals surface area contributed by atoms with Gasteiger partial charge in [-0.25, -0.2) is 8.78 Å². The molecule has 3 heteroatoms. The summed E-state index contributed by atoms with van der Waals surface area (Å²) < 4.78 is 27.4. The maximum atomic E-state index is 14.0. The minimum Gasteiger partial charge on any atom is -0.313 e. The second-order valence-electron chi connectivity index (χ2n) is 4.94. The summed E-state index contributed by atoms with van der Waals surface area (Å²) in [5.41, 5.74) is 0.436. The standard InChI is InChI=1S/C17H23F2N/c1-4-6-9-14(13(3)20-12-7-5-2)15-10-8-11-16(18)17(15)19/h4-5,8,10-11,13-14,20H,1-2,6-7,9,12H2,3H3. The average molecular weight is 279 g/mol. The summed E-state index contributed by atoms with van der Waals surface area (Å²) in [4.78, 5) is 0. The minimum atomic E-state index is -0.788. The molecular formula is C17H23F2N. The SMILES string of the molecule is C=CCCNC(C)C(CCC=C)c1cccc(F)c1F. The second kappa shape index (κ2) is 8.64. The van der Waals surface area contributed by atoms with Gasteiger partial charge < -0.3 is 5.32 Å². The van der Waals surface area contributed by atoms with Gasteiger partial charge in [0, 0.05) is 12.0 Å². The summed E-state index contributed by atoms with van der Waals surface area (Å²) in [6.45, 7) is 10.2. The third-order valence-electron chi connectivity index (χ3n) is 3.48. The Bertz CT molecular complexity index is 443. The van der Waals surface area contributed by atoms with E-state index >= 15 is 0 Å². The summed E-state index contributed by atoms with van der Waals surface area (Å²) >= 11 is 0. The second-order valence-corrected chi connectivity index (χ2v) is 4.94. The number of benzene rings is 1. The zero-order valence-corrected chi connectivity index (χ0v) is 12.0. The molecule has 0 aliphatic heterocycles. The van der Waals surface area contributed by atoms with Gasteiger partial charge in [-0.1, -0.05) is 24.3 Å². The molecule has 1 aromatic rings. The van der Waals surface area contributed by atoms with Gasteiger partial charge >= 0.3 is 0 Å². The summed E-state index contributed by atoms with van der Waals surface area (Å²) in [6.07, 6.45) is 6.01. The van der Waals surface area contributed by atoms with Crippen LogP contribution in [-0.2, 0) is 0 Å². The van der Waals surface area contributed by atoms with Crippen molar-refractivity contribution in [3.63, 3.8) is 0 Å². The largest absolute Gasteiger partial charge is 0.313 e. The molecular weight excluding hydrogens is 256 g/mol. The number of allylic oxidation sites excluding steroid dienone is 1. The van der Waals surface area contributed by atoms with E-state index in [1.807, 2.05) is 13.0 Å². The van der Waals surface area contributed by atoms with Crippen LogP contribution in [0.2, 0.25) is 0 Å². The Balaban J connectivity index is 2.89. The molecule has 0 saturated carbocycles. The highest BCUT2D eigenvalue weighted by molar-refractivity contribution is 5.24. The van der Waals surface area contributed by atoms with Crippen LogP contribution in [-0.4, -0.2) is 12.6 Å². The average Bonchev–Trinajstić information content (AvgIpc) is 2.44. The lowest BCUT2D eigenvalue weighted by molar-refractivity contribution is 0.417. The Labute approximate surface area is 120 Å². The first-order chi connectivity index (χ1) is 9.61. The highest BCUT2D eigenvalue weighted by Gasteiger charge is 2.22. The number of nitrogens with one attached hydrogen (secondary N) is 1. The Kier molecular flexibility index (Phi) is 7.16. The van der Waals surface area contributed by atoms with Crippen LogP contribution in [0.25, 0.3) is 0 Å². The van der Waals surface area contributed by atoms with Crippen LogP contribution < -0.4 is 5.32 Å². The fourth-order valence-electron chi connectivity index (χ4n) is 2.33. The molecule has 1 N–H and O–H groups in total. The maximum Gasteiger partial charge on any atom is 0.162 e. The van der Waals surface area contributed by atoms with Crippen molar-refractivity contribution in [2.45, 2.75) is 38.1 Å². The monoisotopic (exact) mass is 279 g/mol. The normalized spacial score (nSPS) is 13.8. The van der Waals surface area contributed by atoms with Gasteiger partial charge in [-0.05, 0) is 44.4 Å². The van der Waals surface area contributed by atoms with Crippen LogP contribution in [0.1, 0.15) is 37.7 Å². The number of hydrogen-bond donors (Lipinski definition) is 1. The summed E-state index contributed by atoms with van der Waals surface area (Å²) in [7, 11) is 0. The molecule has 0 heterocycles. The number of rotatable bonds is 9. The van der Waals surface area contributed by atoms with E-state index in [2.05, 4.69) is 18.5 Å². The van der Waals surface area contributed by atoms with Crippen LogP contribution in [0.4, 0.5) is 8.78 Å². The molecule has 0 radical (unpaired) electrons. The predicted octanol–water partition coefficient (Wildman–Crippen LogP) is 4.57. The Hall–Kier alpha value is -1.48. The van der Waals surface area contributed by atoms with Crippen LogP contribution in [0.3, 0.4) is 0 Å². The van der Waals surface area contributed by atoms with E-state index in [4.69, 9.17) is 0 Å². The first-order valence-electron chi connectivity index (χ1n) is 7.00. The first kappa shape index (κ1) is 16.6. The fraction of sp³-hybridized carbons (Fsp3) is 0.412. The molecule has 110 valence electrons. The van der Waals surface area contributed by atoms with Crippen molar-refractivity contribution in [1.29, 1.82) is 0 Å². The molecule has 0 bridgehead atoms. The van der Waals surface area contributed by atoms with Gasteiger partial charge in [0.05, 0.1) is 0 Å². The van der Waals surface area contributed by atoms with Crippen LogP contribution in [0.15, 0.2) is 43.5 Å². The predicted molar refractivity (Wildman–Crippen MR) is 80.8 cm³/mol. The molecule has 0 amide bonds. The van der Waals surface area contributed by atoms with Gasteiger partial charge in [-0.3, -0.25) is 0 Å². The smallest absolute Gasteiger partial charge is 0.162 e. The summed E-state index contributed by atoms with van der Waals surface area (Å²) in [5.74, 6) is -1.60. The van der Waals surface area contributed by atoms with E-state index in [9.17, 15) is 8.78 Å². The minimum absolute atomic E-state index is 0.0613. The van der Waals surface area contributed by atoms with E-state index in [0.717, 1.165) is 31.9 Å². The molecule has 0 aromatic heterocycles. The van der Waals surface area contributed by atoms with Crippen molar-refractivity contribution in [1.82, 2.24) is 5.32 Å². The van der Waals surface area contributed by atoms with Gasteiger partial charge in [0.25, 0.3) is 0 Å². The van der Waals surface area contributed by atoms with Crippen molar-refractivity contribution in [3.8, 4) is 0 Å². The van der Waals surface area contributed by atoms with Crippen LogP contribution >= 0.6 is 0 Å². The fourth-order valence-corrected chi connectivity index (χ4v) is 2.33. The molecule has 2 unspecified atom stereocenters. The van der Waals surface area contributed by atoms with E-state index in [1.165, 1.54) is 0 Å². The molecule has 0 aliphatic carbocycles. The van der Waals surface area contributed by atoms with Gasteiger partial charge in [-0.2, -0.15) is 0 Å². The van der Waals surface area contributed by atoms with E-state index in [1.54, 1.807) is 18.2 Å². The van der Waals surface area contributed by atoms with Gasteiger partial charge in [0.15, 0.2) is 11.6 Å². The third-order valence-corrected chi connectivity index (χ3v) is 3.48. The quantitative estimate of drug-likeness (QED) is 0.516. The van der Waals surface area contributed by atoms with Crippen molar-refractivity contribution < 1.29 is 8.78 Å². The number of halogens is 2. The molecule has 2 atom stereocenters. The molecule has 1 nitrogen and oxygen atoms in total. The zero-order valence-electron chi connectivity index (χ0n) is 12.0. The summed E-state index contributed by atoms with van der Waals surface area (Å²) in [5, 5.41) is 3.34. The highest BCUT2D eigenvalue weighted by Crippen LogP contribution is 2.28. The van der Waals surface area contributed by atoms with Crippen molar-refractivity contribution in [2.75, 3.05) is 6.54 Å². The number of hydrogen-bond acceptors (Lipinski definition) is 1. The molecule has 0 aliphatic rings. The molecule has 0 fully saturated rings. The third kappa shape index (κ3) is 4.57. The molecule has 0 saturated heterocycles. The first-order valence-corrected chi connectivity index (χ1v) is 7.00. The summed E-state index contributed by atoms with van der Waals surface area (Å²) in [6, 6.07) is 4.44. The van der Waals surface area contributed by atoms with Crippen LogP contribution in [0.5, 0.6) is 0 Å². The lowest BCUT2D eigenvalue weighted by Crippen LogP contribution is -2.33. The van der Waals surface area contributed by atoms with Gasteiger partial charge in [-0.15, -0.1) is 13.2 Å². The Morgan fingerprint density at radius 3 is 2.55 bits per heavy atom. The van der Waals surface area contributed by atoms with E-state index in [0.29, 0.717) is 5.56 Å². The maximum absolute atomic E-state index is 14.0. The lowest BCUT2D eigenvalue weighted by Gasteiger charge is -2.25. The molecule has 0 spiro atoms. The zero-order chi connectivity index (χ0) is 15.0. The Morgan fingerprint density at radius 1 is 1.20 bits per heavy atom. The van der Waals surface area contributed by atoms with E-state index in [-0.39, 0.29) is 12.0 Å². The topological polar surface area (TPSA) is 12.0 Å². The van der Waals surface area contributed by atoms with Crippen molar-refractivity contribution in [2.24, 2.45) is 0 Å². The van der Waals surface area contributed by atoms with Crippen molar-refractivity contribution >= 4 is 0 Å². The van der Waals surface area contributed by atoms with Gasteiger partial charge in [0.2, 0.25) is 0 Å². The van der Waals surface area contributed by atoms with E-state index < -0.39 is 11.6 Å². The molecule has 20 heavy (non-hydrogen) atoms. The molecule has 1 rings (SSSR count). The Morgan fingerprint density at radius 2 is 1.90 bits per heavy atom. The lowest BCUT2D eigenvalue weighted by atomic mass is 9.87. The van der Waals surface area contributed by atoms with Crippen LogP contribution in [0, 0.1) is 11.6 Å². The van der Waals surface area contributed by atoms with Crippen molar-refractivity contribution in [3.05, 3.63) is 60.7 Å². The van der Waals surface area contributed by atoms with Gasteiger partial charge in [0.1, 0.15) is 0 Å². The molecule has 1 aromatic carbocycles. The highest BCUT2D eigenvalue weighted by atomic mass is 19.2.